The van der Waals surface area contributed by atoms with Gasteiger partial charge in [-0.1, -0.05) is 13.0 Å². The SMILES string of the molecule is C=CCN1C(=O)N[C@@H](c2cc(OC)cc(OC)c2)C2=C1CN([C@H](C)CC)C2=O. The van der Waals surface area contributed by atoms with E-state index in [9.17, 15) is 9.59 Å². The molecule has 7 nitrogen and oxygen atoms in total. The highest BCUT2D eigenvalue weighted by atomic mass is 16.5. The van der Waals surface area contributed by atoms with Crippen molar-refractivity contribution in [3.05, 3.63) is 47.7 Å². The molecule has 150 valence electrons. The Morgan fingerprint density at radius 1 is 1.25 bits per heavy atom. The van der Waals surface area contributed by atoms with Gasteiger partial charge in [0.2, 0.25) is 0 Å². The van der Waals surface area contributed by atoms with Gasteiger partial charge in [0, 0.05) is 18.7 Å². The fourth-order valence-corrected chi connectivity index (χ4v) is 3.66. The average Bonchev–Trinajstić information content (AvgIpc) is 3.06. The number of carbonyl (C=O) groups is 2. The van der Waals surface area contributed by atoms with Crippen LogP contribution in [0.4, 0.5) is 4.79 Å². The summed E-state index contributed by atoms with van der Waals surface area (Å²) < 4.78 is 10.7. The van der Waals surface area contributed by atoms with E-state index in [0.717, 1.165) is 17.7 Å². The molecule has 2 aliphatic rings. The molecule has 0 aromatic heterocycles. The van der Waals surface area contributed by atoms with E-state index in [2.05, 4.69) is 11.9 Å². The van der Waals surface area contributed by atoms with E-state index < -0.39 is 6.04 Å². The molecule has 0 fully saturated rings. The van der Waals surface area contributed by atoms with Crippen molar-refractivity contribution in [2.45, 2.75) is 32.4 Å². The molecule has 3 amide bonds. The molecule has 0 aliphatic carbocycles. The van der Waals surface area contributed by atoms with Crippen molar-refractivity contribution in [1.29, 1.82) is 0 Å². The van der Waals surface area contributed by atoms with Gasteiger partial charge in [0.1, 0.15) is 11.5 Å². The lowest BCUT2D eigenvalue weighted by molar-refractivity contribution is -0.127. The van der Waals surface area contributed by atoms with Crippen molar-refractivity contribution in [1.82, 2.24) is 15.1 Å². The first-order chi connectivity index (χ1) is 13.4. The number of rotatable bonds is 7. The van der Waals surface area contributed by atoms with Crippen LogP contribution in [0, 0.1) is 0 Å². The summed E-state index contributed by atoms with van der Waals surface area (Å²) in [6.07, 6.45) is 2.50. The van der Waals surface area contributed by atoms with Gasteiger partial charge in [0.05, 0.1) is 38.1 Å². The Morgan fingerprint density at radius 3 is 2.43 bits per heavy atom. The summed E-state index contributed by atoms with van der Waals surface area (Å²) in [4.78, 5) is 29.5. The molecule has 2 atom stereocenters. The number of amides is 3. The van der Waals surface area contributed by atoms with Gasteiger partial charge < -0.3 is 19.7 Å². The smallest absolute Gasteiger partial charge is 0.322 e. The summed E-state index contributed by atoms with van der Waals surface area (Å²) in [7, 11) is 3.14. The topological polar surface area (TPSA) is 71.1 Å². The Bertz CT molecular complexity index is 811. The monoisotopic (exact) mass is 385 g/mol. The summed E-state index contributed by atoms with van der Waals surface area (Å²) in [6.45, 7) is 8.57. The van der Waals surface area contributed by atoms with E-state index in [1.54, 1.807) is 31.3 Å². The van der Waals surface area contributed by atoms with Gasteiger partial charge in [-0.2, -0.15) is 0 Å². The highest BCUT2D eigenvalue weighted by molar-refractivity contribution is 6.01. The van der Waals surface area contributed by atoms with Crippen LogP contribution in [0.2, 0.25) is 0 Å². The van der Waals surface area contributed by atoms with E-state index in [1.807, 2.05) is 30.9 Å². The van der Waals surface area contributed by atoms with Crippen molar-refractivity contribution in [2.75, 3.05) is 27.3 Å². The number of benzene rings is 1. The zero-order valence-corrected chi connectivity index (χ0v) is 16.8. The molecule has 2 aliphatic heterocycles. The highest BCUT2D eigenvalue weighted by Crippen LogP contribution is 2.39. The van der Waals surface area contributed by atoms with Gasteiger partial charge in [-0.15, -0.1) is 6.58 Å². The maximum Gasteiger partial charge on any atom is 0.322 e. The molecule has 1 aromatic carbocycles. The van der Waals surface area contributed by atoms with E-state index in [0.29, 0.717) is 30.2 Å². The number of hydrogen-bond acceptors (Lipinski definition) is 4. The van der Waals surface area contributed by atoms with Gasteiger partial charge in [-0.25, -0.2) is 4.79 Å². The molecule has 0 unspecified atom stereocenters. The quantitative estimate of drug-likeness (QED) is 0.733. The van der Waals surface area contributed by atoms with Crippen LogP contribution >= 0.6 is 0 Å². The van der Waals surface area contributed by atoms with Crippen molar-refractivity contribution in [3.8, 4) is 11.5 Å². The third kappa shape index (κ3) is 3.32. The van der Waals surface area contributed by atoms with Gasteiger partial charge in [0.25, 0.3) is 5.91 Å². The Morgan fingerprint density at radius 2 is 1.89 bits per heavy atom. The molecule has 2 heterocycles. The number of nitrogens with one attached hydrogen (secondary N) is 1. The van der Waals surface area contributed by atoms with Crippen molar-refractivity contribution in [2.24, 2.45) is 0 Å². The van der Waals surface area contributed by atoms with Crippen molar-refractivity contribution < 1.29 is 19.1 Å². The zero-order chi connectivity index (χ0) is 20.4. The van der Waals surface area contributed by atoms with Gasteiger partial charge in [0.15, 0.2) is 0 Å². The molecule has 0 saturated carbocycles. The lowest BCUT2D eigenvalue weighted by Crippen LogP contribution is -2.47. The highest BCUT2D eigenvalue weighted by Gasteiger charge is 2.44. The van der Waals surface area contributed by atoms with E-state index in [1.165, 1.54) is 0 Å². The third-order valence-electron chi connectivity index (χ3n) is 5.39. The fourth-order valence-electron chi connectivity index (χ4n) is 3.66. The summed E-state index contributed by atoms with van der Waals surface area (Å²) in [6, 6.07) is 4.67. The normalized spacial score (nSPS) is 20.1. The van der Waals surface area contributed by atoms with Crippen LogP contribution in [-0.2, 0) is 4.79 Å². The van der Waals surface area contributed by atoms with E-state index >= 15 is 0 Å². The summed E-state index contributed by atoms with van der Waals surface area (Å²) >= 11 is 0. The molecular formula is C21H27N3O4. The predicted molar refractivity (Wildman–Crippen MR) is 106 cm³/mol. The lowest BCUT2D eigenvalue weighted by atomic mass is 9.95. The van der Waals surface area contributed by atoms with Crippen molar-refractivity contribution >= 4 is 11.9 Å². The molecule has 0 saturated heterocycles. The van der Waals surface area contributed by atoms with Gasteiger partial charge >= 0.3 is 6.03 Å². The molecule has 0 radical (unpaired) electrons. The first-order valence-corrected chi connectivity index (χ1v) is 9.41. The maximum atomic E-state index is 13.3. The minimum atomic E-state index is -0.561. The number of ether oxygens (including phenoxy) is 2. The number of urea groups is 1. The first kappa shape index (κ1) is 19.8. The van der Waals surface area contributed by atoms with Crippen LogP contribution < -0.4 is 14.8 Å². The molecule has 7 heteroatoms. The molecular weight excluding hydrogens is 358 g/mol. The molecule has 28 heavy (non-hydrogen) atoms. The largest absolute Gasteiger partial charge is 0.497 e. The second-order valence-corrected chi connectivity index (χ2v) is 6.98. The molecule has 0 bridgehead atoms. The molecule has 1 aromatic rings. The Kier molecular flexibility index (Phi) is 5.63. The number of methoxy groups -OCH3 is 2. The van der Waals surface area contributed by atoms with Crippen molar-refractivity contribution in [3.63, 3.8) is 0 Å². The van der Waals surface area contributed by atoms with E-state index in [-0.39, 0.29) is 18.0 Å². The number of carbonyl (C=O) groups excluding carboxylic acids is 2. The Balaban J connectivity index is 2.11. The predicted octanol–water partition coefficient (Wildman–Crippen LogP) is 2.85. The summed E-state index contributed by atoms with van der Waals surface area (Å²) in [5.41, 5.74) is 2.08. The zero-order valence-electron chi connectivity index (χ0n) is 16.8. The minimum Gasteiger partial charge on any atom is -0.497 e. The summed E-state index contributed by atoms with van der Waals surface area (Å²) in [5, 5.41) is 2.97. The minimum absolute atomic E-state index is 0.0507. The van der Waals surface area contributed by atoms with Crippen LogP contribution in [0.5, 0.6) is 11.5 Å². The molecule has 0 spiro atoms. The van der Waals surface area contributed by atoms with Crippen LogP contribution in [-0.4, -0.2) is 55.1 Å². The molecule has 1 N–H and O–H groups in total. The lowest BCUT2D eigenvalue weighted by Gasteiger charge is -2.33. The van der Waals surface area contributed by atoms with Gasteiger partial charge in [-0.3, -0.25) is 9.69 Å². The van der Waals surface area contributed by atoms with Crippen LogP contribution in [0.3, 0.4) is 0 Å². The molecule has 3 rings (SSSR count). The number of hydrogen-bond donors (Lipinski definition) is 1. The summed E-state index contributed by atoms with van der Waals surface area (Å²) in [5.74, 6) is 1.15. The number of nitrogens with zero attached hydrogens (tertiary/aromatic N) is 2. The Labute approximate surface area is 165 Å². The maximum absolute atomic E-state index is 13.3. The Hall–Kier alpha value is -2.96. The van der Waals surface area contributed by atoms with Crippen LogP contribution in [0.1, 0.15) is 31.9 Å². The second kappa shape index (κ2) is 7.96. The first-order valence-electron chi connectivity index (χ1n) is 9.41. The fraction of sp³-hybridized carbons (Fsp3) is 0.429. The van der Waals surface area contributed by atoms with Crippen LogP contribution in [0.25, 0.3) is 0 Å². The standard InChI is InChI=1S/C21H27N3O4/c1-6-8-23-17-12-24(13(3)7-2)20(25)18(17)19(22-21(23)26)14-9-15(27-4)11-16(10-14)28-5/h6,9-11,13,19H,1,7-8,12H2,2-5H3,(H,22,26)/t13-,19+/m1/s1. The average molecular weight is 385 g/mol. The second-order valence-electron chi connectivity index (χ2n) is 6.98. The van der Waals surface area contributed by atoms with E-state index in [4.69, 9.17) is 9.47 Å². The van der Waals surface area contributed by atoms with Gasteiger partial charge in [-0.05, 0) is 31.0 Å². The third-order valence-corrected chi connectivity index (χ3v) is 5.39. The van der Waals surface area contributed by atoms with Crippen LogP contribution in [0.15, 0.2) is 42.1 Å².